The molecule has 0 N–H and O–H groups in total. The minimum atomic E-state index is -0.737. The number of methoxy groups -OCH3 is 1. The highest BCUT2D eigenvalue weighted by Crippen LogP contribution is 2.37. The maximum Gasteiger partial charge on any atom is 0.243 e. The number of carbonyl (C=O) groups is 1. The lowest BCUT2D eigenvalue weighted by Crippen LogP contribution is -2.25. The Balaban J connectivity index is 1.59. The molecule has 0 bridgehead atoms. The Bertz CT molecular complexity index is 1420. The third-order valence-corrected chi connectivity index (χ3v) is 5.76. The molecule has 7 heteroatoms. The molecule has 3 aromatic carbocycles. The maximum atomic E-state index is 12.6. The number of aromatic nitrogens is 1. The number of para-hydroxylation sites is 1. The molecule has 0 saturated heterocycles. The van der Waals surface area contributed by atoms with Gasteiger partial charge in [-0.3, -0.25) is 4.79 Å². The first kappa shape index (κ1) is 22.4. The van der Waals surface area contributed by atoms with Crippen LogP contribution in [0.15, 0.2) is 84.0 Å². The molecule has 0 unspecified atom stereocenters. The molecule has 0 radical (unpaired) electrons. The van der Waals surface area contributed by atoms with Crippen molar-refractivity contribution in [1.82, 2.24) is 9.99 Å². The number of benzene rings is 3. The van der Waals surface area contributed by atoms with Crippen molar-refractivity contribution in [1.29, 1.82) is 0 Å². The van der Waals surface area contributed by atoms with Crippen LogP contribution in [0.2, 0.25) is 0 Å². The van der Waals surface area contributed by atoms with E-state index in [4.69, 9.17) is 19.2 Å². The van der Waals surface area contributed by atoms with Gasteiger partial charge in [0.2, 0.25) is 18.0 Å². The average molecular weight is 468 g/mol. The molecule has 176 valence electrons. The average Bonchev–Trinajstić information content (AvgIpc) is 3.35. The third kappa shape index (κ3) is 4.28. The Morgan fingerprint density at radius 1 is 1.00 bits per heavy atom. The lowest BCUT2D eigenvalue weighted by Gasteiger charge is -2.20. The van der Waals surface area contributed by atoms with Crippen molar-refractivity contribution >= 4 is 22.7 Å². The van der Waals surface area contributed by atoms with Crippen LogP contribution in [0.3, 0.4) is 0 Å². The van der Waals surface area contributed by atoms with Crippen molar-refractivity contribution in [3.63, 3.8) is 0 Å². The molecule has 1 amide bonds. The summed E-state index contributed by atoms with van der Waals surface area (Å²) < 4.78 is 17.5. The summed E-state index contributed by atoms with van der Waals surface area (Å²) in [6.45, 7) is 3.89. The summed E-state index contributed by atoms with van der Waals surface area (Å²) in [6.07, 6.45) is -0.737. The monoisotopic (exact) mass is 467 g/mol. The summed E-state index contributed by atoms with van der Waals surface area (Å²) in [7, 11) is 1.58. The van der Waals surface area contributed by atoms with E-state index < -0.39 is 6.23 Å². The molecule has 0 spiro atoms. The number of hydrogen-bond acceptors (Lipinski definition) is 6. The van der Waals surface area contributed by atoms with Crippen LogP contribution < -0.4 is 9.47 Å². The second-order valence-electron chi connectivity index (χ2n) is 8.02. The molecule has 35 heavy (non-hydrogen) atoms. The number of nitrogens with zero attached hydrogens (tertiary/aromatic N) is 3. The number of hydrogen-bond donors (Lipinski definition) is 0. The van der Waals surface area contributed by atoms with Gasteiger partial charge in [-0.1, -0.05) is 48.5 Å². The Morgan fingerprint density at radius 2 is 1.77 bits per heavy atom. The van der Waals surface area contributed by atoms with Gasteiger partial charge in [0.05, 0.1) is 24.9 Å². The topological polar surface area (TPSA) is 73.3 Å². The number of fused-ring (bicyclic) bond motifs is 1. The first-order valence-corrected chi connectivity index (χ1v) is 11.4. The predicted octanol–water partition coefficient (Wildman–Crippen LogP) is 5.55. The van der Waals surface area contributed by atoms with Crippen LogP contribution >= 0.6 is 0 Å². The van der Waals surface area contributed by atoms with Gasteiger partial charge in [-0.15, -0.1) is 5.10 Å². The van der Waals surface area contributed by atoms with E-state index in [1.807, 2.05) is 85.8 Å². The van der Waals surface area contributed by atoms with Gasteiger partial charge in [-0.05, 0) is 37.3 Å². The molecule has 1 aliphatic rings. The zero-order chi connectivity index (χ0) is 24.4. The van der Waals surface area contributed by atoms with Crippen LogP contribution in [0.1, 0.15) is 31.2 Å². The van der Waals surface area contributed by atoms with E-state index in [1.54, 1.807) is 7.11 Å². The van der Waals surface area contributed by atoms with E-state index in [0.717, 1.165) is 33.3 Å². The Kier molecular flexibility index (Phi) is 6.06. The van der Waals surface area contributed by atoms with E-state index in [0.29, 0.717) is 24.0 Å². The summed E-state index contributed by atoms with van der Waals surface area (Å²) in [6, 6.07) is 25.2. The molecule has 4 aromatic rings. The van der Waals surface area contributed by atoms with Crippen molar-refractivity contribution in [3.8, 4) is 22.8 Å². The zero-order valence-electron chi connectivity index (χ0n) is 19.8. The lowest BCUT2D eigenvalue weighted by molar-refractivity contribution is -0.135. The molecule has 5 rings (SSSR count). The van der Waals surface area contributed by atoms with Gasteiger partial charge >= 0.3 is 0 Å². The van der Waals surface area contributed by atoms with Gasteiger partial charge in [0, 0.05) is 29.0 Å². The molecule has 7 nitrogen and oxygen atoms in total. The second kappa shape index (κ2) is 9.46. The lowest BCUT2D eigenvalue weighted by atomic mass is 10.0. The molecule has 0 aliphatic carbocycles. The molecule has 2 heterocycles. The smallest absolute Gasteiger partial charge is 0.243 e. The van der Waals surface area contributed by atoms with Gasteiger partial charge in [0.15, 0.2) is 11.5 Å². The zero-order valence-corrected chi connectivity index (χ0v) is 19.8. The Labute approximate surface area is 203 Å². The maximum absolute atomic E-state index is 12.6. The van der Waals surface area contributed by atoms with Gasteiger partial charge in [-0.2, -0.15) is 5.01 Å². The van der Waals surface area contributed by atoms with Crippen LogP contribution in [0, 0.1) is 0 Å². The fraction of sp³-hybridized carbons (Fsp3) is 0.179. The summed E-state index contributed by atoms with van der Waals surface area (Å²) in [5, 5.41) is 6.83. The number of hydrazone groups is 1. The van der Waals surface area contributed by atoms with Gasteiger partial charge in [-0.25, -0.2) is 4.98 Å². The minimum Gasteiger partial charge on any atom is -0.493 e. The van der Waals surface area contributed by atoms with Crippen LogP contribution in [0.4, 0.5) is 0 Å². The summed E-state index contributed by atoms with van der Waals surface area (Å²) in [4.78, 5) is 17.4. The summed E-state index contributed by atoms with van der Waals surface area (Å²) in [5.74, 6) is 1.30. The first-order valence-electron chi connectivity index (χ1n) is 11.4. The van der Waals surface area contributed by atoms with Crippen LogP contribution in [-0.2, 0) is 9.53 Å². The van der Waals surface area contributed by atoms with Gasteiger partial charge in [0.1, 0.15) is 0 Å². The largest absolute Gasteiger partial charge is 0.493 e. The first-order chi connectivity index (χ1) is 17.1. The molecular formula is C28H25N3O4. The fourth-order valence-electron chi connectivity index (χ4n) is 4.11. The standard InChI is InChI=1S/C28H25N3O4/c1-4-34-25-15-14-20(16-26(25)33-3)28-31(18(2)32)30-27(35-28)22-17-24(19-10-6-5-7-11-19)29-23-13-9-8-12-21(22)23/h5-17,28H,4H2,1-3H3/t28-/m0/s1. The van der Waals surface area contributed by atoms with Crippen molar-refractivity contribution < 1.29 is 19.0 Å². The minimum absolute atomic E-state index is 0.237. The Hall–Kier alpha value is -4.39. The summed E-state index contributed by atoms with van der Waals surface area (Å²) in [5.41, 5.74) is 4.08. The SMILES string of the molecule is CCOc1ccc([C@@H]2OC(c3cc(-c4ccccc4)nc4ccccc34)=NN2C(C)=O)cc1OC. The molecular weight excluding hydrogens is 442 g/mol. The Morgan fingerprint density at radius 3 is 2.51 bits per heavy atom. The van der Waals surface area contributed by atoms with E-state index in [1.165, 1.54) is 11.9 Å². The van der Waals surface area contributed by atoms with Crippen molar-refractivity contribution in [2.75, 3.05) is 13.7 Å². The molecule has 1 aliphatic heterocycles. The summed E-state index contributed by atoms with van der Waals surface area (Å²) >= 11 is 0. The number of carbonyl (C=O) groups excluding carboxylic acids is 1. The fourth-order valence-corrected chi connectivity index (χ4v) is 4.11. The predicted molar refractivity (Wildman–Crippen MR) is 134 cm³/mol. The van der Waals surface area contributed by atoms with Crippen molar-refractivity contribution in [3.05, 3.63) is 90.0 Å². The van der Waals surface area contributed by atoms with E-state index in [9.17, 15) is 4.79 Å². The van der Waals surface area contributed by atoms with Gasteiger partial charge in [0.25, 0.3) is 0 Å². The van der Waals surface area contributed by atoms with Crippen molar-refractivity contribution in [2.24, 2.45) is 5.10 Å². The molecule has 1 aromatic heterocycles. The number of ether oxygens (including phenoxy) is 3. The molecule has 0 fully saturated rings. The van der Waals surface area contributed by atoms with E-state index in [2.05, 4.69) is 5.10 Å². The highest BCUT2D eigenvalue weighted by Gasteiger charge is 2.34. The number of pyridine rings is 1. The molecule has 1 atom stereocenters. The van der Waals surface area contributed by atoms with Crippen molar-refractivity contribution in [2.45, 2.75) is 20.1 Å². The van der Waals surface area contributed by atoms with E-state index >= 15 is 0 Å². The van der Waals surface area contributed by atoms with Crippen LogP contribution in [0.25, 0.3) is 22.2 Å². The van der Waals surface area contributed by atoms with Gasteiger partial charge < -0.3 is 14.2 Å². The highest BCUT2D eigenvalue weighted by molar-refractivity contribution is 6.08. The molecule has 0 saturated carbocycles. The van der Waals surface area contributed by atoms with E-state index in [-0.39, 0.29) is 5.91 Å². The quantitative estimate of drug-likeness (QED) is 0.372. The normalized spacial score (nSPS) is 15.0. The highest BCUT2D eigenvalue weighted by atomic mass is 16.5. The number of amides is 1. The number of rotatable bonds is 6. The van der Waals surface area contributed by atoms with Crippen LogP contribution in [0.5, 0.6) is 11.5 Å². The second-order valence-corrected chi connectivity index (χ2v) is 8.02. The third-order valence-electron chi connectivity index (χ3n) is 5.76. The van der Waals surface area contributed by atoms with Crippen LogP contribution in [-0.4, -0.2) is 35.5 Å².